The quantitative estimate of drug-likeness (QED) is 0.349. The molecule has 0 aliphatic heterocycles. The molecular weight excluding hydrogens is 394 g/mol. The van der Waals surface area contributed by atoms with E-state index in [1.54, 1.807) is 0 Å². The lowest BCUT2D eigenvalue weighted by atomic mass is 10.2. The van der Waals surface area contributed by atoms with Crippen molar-refractivity contribution >= 4 is 22.1 Å². The predicted octanol–water partition coefficient (Wildman–Crippen LogP) is 3.45. The average Bonchev–Trinajstić information content (AvgIpc) is 3.33. The average molecular weight is 426 g/mol. The summed E-state index contributed by atoms with van der Waals surface area (Å²) >= 11 is 0. The zero-order chi connectivity index (χ0) is 21.9. The molecular formula is C27H31N5+2. The molecule has 0 fully saturated rings. The molecule has 0 unspecified atom stereocenters. The van der Waals surface area contributed by atoms with E-state index in [-0.39, 0.29) is 0 Å². The molecule has 5 nitrogen and oxygen atoms in total. The molecule has 162 valence electrons. The van der Waals surface area contributed by atoms with Crippen molar-refractivity contribution in [1.82, 2.24) is 14.0 Å². The van der Waals surface area contributed by atoms with E-state index in [1.807, 2.05) is 0 Å². The van der Waals surface area contributed by atoms with Gasteiger partial charge in [-0.15, -0.1) is 0 Å². The molecule has 0 aliphatic carbocycles. The van der Waals surface area contributed by atoms with Crippen molar-refractivity contribution in [3.05, 3.63) is 97.1 Å². The molecule has 0 atom stereocenters. The summed E-state index contributed by atoms with van der Waals surface area (Å²) in [5.74, 6) is 0. The number of hydrogen-bond donors (Lipinski definition) is 0. The van der Waals surface area contributed by atoms with Crippen LogP contribution in [0.4, 0.5) is 0 Å². The highest BCUT2D eigenvalue weighted by molar-refractivity contribution is 5.72. The van der Waals surface area contributed by atoms with E-state index in [4.69, 9.17) is 0 Å². The van der Waals surface area contributed by atoms with Crippen LogP contribution in [0.2, 0.25) is 0 Å². The number of aryl methyl sites for hydroxylation is 2. The van der Waals surface area contributed by atoms with Gasteiger partial charge in [0.15, 0.2) is 22.1 Å². The maximum Gasteiger partial charge on any atom is 0.244 e. The van der Waals surface area contributed by atoms with Gasteiger partial charge in [0.25, 0.3) is 0 Å². The number of imidazole rings is 2. The van der Waals surface area contributed by atoms with Crippen molar-refractivity contribution in [2.24, 2.45) is 14.1 Å². The SMILES string of the molecule is C[n+]1cn(CCN(CCn2c[n+](C)c3ccccc32)Cc2ccccc2)c2ccccc21. The minimum absolute atomic E-state index is 0.956. The molecule has 2 heterocycles. The monoisotopic (exact) mass is 425 g/mol. The Hall–Kier alpha value is -3.44. The Morgan fingerprint density at radius 1 is 0.625 bits per heavy atom. The second-order valence-electron chi connectivity index (χ2n) is 8.58. The predicted molar refractivity (Wildman–Crippen MR) is 128 cm³/mol. The van der Waals surface area contributed by atoms with Crippen molar-refractivity contribution in [2.75, 3.05) is 13.1 Å². The maximum atomic E-state index is 2.57. The summed E-state index contributed by atoms with van der Waals surface area (Å²) in [6.07, 6.45) is 4.43. The summed E-state index contributed by atoms with van der Waals surface area (Å²) in [5.41, 5.74) is 6.48. The largest absolute Gasteiger partial charge is 0.291 e. The standard InChI is InChI=1S/C27H31N5/c1-28-21-31(26-14-8-6-12-24(26)28)18-16-30(20-23-10-4-3-5-11-23)17-19-32-22-29(2)25-13-7-9-15-27(25)32/h3-15,21-22H,16-20H2,1-2H3/q+2. The van der Waals surface area contributed by atoms with Gasteiger partial charge in [0.1, 0.15) is 13.1 Å². The van der Waals surface area contributed by atoms with Crippen LogP contribution < -0.4 is 9.13 Å². The summed E-state index contributed by atoms with van der Waals surface area (Å²) in [6.45, 7) is 4.89. The highest BCUT2D eigenvalue weighted by atomic mass is 15.2. The molecule has 0 N–H and O–H groups in total. The lowest BCUT2D eigenvalue weighted by Gasteiger charge is -2.21. The number of rotatable bonds is 8. The fourth-order valence-corrected chi connectivity index (χ4v) is 4.64. The van der Waals surface area contributed by atoms with Crippen LogP contribution in [0, 0.1) is 0 Å². The van der Waals surface area contributed by atoms with Crippen molar-refractivity contribution in [1.29, 1.82) is 0 Å². The van der Waals surface area contributed by atoms with Crippen LogP contribution in [-0.2, 0) is 33.7 Å². The highest BCUT2D eigenvalue weighted by Crippen LogP contribution is 2.13. The molecule has 32 heavy (non-hydrogen) atoms. The molecule has 5 heteroatoms. The molecule has 5 rings (SSSR count). The Kier molecular flexibility index (Phi) is 5.73. The molecule has 0 spiro atoms. The number of para-hydroxylation sites is 4. The van der Waals surface area contributed by atoms with Crippen molar-refractivity contribution in [3.63, 3.8) is 0 Å². The first-order chi connectivity index (χ1) is 15.7. The molecule has 0 amide bonds. The Bertz CT molecular complexity index is 1250. The van der Waals surface area contributed by atoms with E-state index in [1.165, 1.54) is 27.6 Å². The molecule has 0 aliphatic rings. The molecule has 0 radical (unpaired) electrons. The van der Waals surface area contributed by atoms with Crippen molar-refractivity contribution in [2.45, 2.75) is 19.6 Å². The second-order valence-corrected chi connectivity index (χ2v) is 8.58. The number of aromatic nitrogens is 4. The lowest BCUT2D eigenvalue weighted by molar-refractivity contribution is -0.645. The summed E-state index contributed by atoms with van der Waals surface area (Å²) in [6, 6.07) is 28.1. The van der Waals surface area contributed by atoms with Crippen LogP contribution in [0.3, 0.4) is 0 Å². The summed E-state index contributed by atoms with van der Waals surface area (Å²) in [4.78, 5) is 2.57. The molecule has 5 aromatic rings. The molecule has 0 bridgehead atoms. The van der Waals surface area contributed by atoms with Crippen molar-refractivity contribution in [3.8, 4) is 0 Å². The van der Waals surface area contributed by atoms with Crippen LogP contribution >= 0.6 is 0 Å². The zero-order valence-corrected chi connectivity index (χ0v) is 18.9. The Balaban J connectivity index is 1.35. The van der Waals surface area contributed by atoms with Crippen LogP contribution in [0.1, 0.15) is 5.56 Å². The van der Waals surface area contributed by atoms with Gasteiger partial charge >= 0.3 is 0 Å². The van der Waals surface area contributed by atoms with Gasteiger partial charge in [-0.25, -0.2) is 18.3 Å². The Morgan fingerprint density at radius 2 is 1.09 bits per heavy atom. The third-order valence-electron chi connectivity index (χ3n) is 6.33. The number of hydrogen-bond acceptors (Lipinski definition) is 1. The molecule has 3 aromatic carbocycles. The lowest BCUT2D eigenvalue weighted by Crippen LogP contribution is -2.31. The third-order valence-corrected chi connectivity index (χ3v) is 6.33. The van der Waals surface area contributed by atoms with Gasteiger partial charge in [-0.3, -0.25) is 4.90 Å². The van der Waals surface area contributed by atoms with E-state index >= 15 is 0 Å². The van der Waals surface area contributed by atoms with Crippen LogP contribution in [-0.4, -0.2) is 27.1 Å². The number of benzene rings is 3. The van der Waals surface area contributed by atoms with E-state index < -0.39 is 0 Å². The van der Waals surface area contributed by atoms with E-state index in [0.29, 0.717) is 0 Å². The van der Waals surface area contributed by atoms with Gasteiger partial charge in [0.2, 0.25) is 12.7 Å². The topological polar surface area (TPSA) is 20.9 Å². The Labute approximate surface area is 189 Å². The van der Waals surface area contributed by atoms with Crippen LogP contribution in [0.5, 0.6) is 0 Å². The first kappa shape index (κ1) is 20.5. The minimum atomic E-state index is 0.956. The van der Waals surface area contributed by atoms with E-state index in [9.17, 15) is 0 Å². The number of nitrogens with zero attached hydrogens (tertiary/aromatic N) is 5. The van der Waals surface area contributed by atoms with Gasteiger partial charge in [-0.2, -0.15) is 0 Å². The van der Waals surface area contributed by atoms with E-state index in [2.05, 4.69) is 129 Å². The van der Waals surface area contributed by atoms with Gasteiger partial charge in [0, 0.05) is 19.6 Å². The van der Waals surface area contributed by atoms with Gasteiger partial charge in [0.05, 0.1) is 14.1 Å². The van der Waals surface area contributed by atoms with Gasteiger partial charge in [-0.1, -0.05) is 54.6 Å². The molecule has 2 aromatic heterocycles. The number of fused-ring (bicyclic) bond motifs is 2. The first-order valence-electron chi connectivity index (χ1n) is 11.3. The molecule has 0 saturated heterocycles. The van der Waals surface area contributed by atoms with Crippen LogP contribution in [0.15, 0.2) is 91.5 Å². The van der Waals surface area contributed by atoms with Crippen LogP contribution in [0.25, 0.3) is 22.1 Å². The normalized spacial score (nSPS) is 11.7. The maximum absolute atomic E-state index is 2.57. The first-order valence-corrected chi connectivity index (χ1v) is 11.3. The fraction of sp³-hybridized carbons (Fsp3) is 0.259. The van der Waals surface area contributed by atoms with Gasteiger partial charge < -0.3 is 0 Å². The summed E-state index contributed by atoms with van der Waals surface area (Å²) in [7, 11) is 4.25. The second kappa shape index (κ2) is 8.97. The Morgan fingerprint density at radius 3 is 1.62 bits per heavy atom. The van der Waals surface area contributed by atoms with Gasteiger partial charge in [-0.05, 0) is 29.8 Å². The third kappa shape index (κ3) is 4.16. The smallest absolute Gasteiger partial charge is 0.244 e. The minimum Gasteiger partial charge on any atom is -0.291 e. The zero-order valence-electron chi connectivity index (χ0n) is 18.9. The van der Waals surface area contributed by atoms with E-state index in [0.717, 1.165) is 32.7 Å². The summed E-state index contributed by atoms with van der Waals surface area (Å²) in [5, 5.41) is 0. The summed E-state index contributed by atoms with van der Waals surface area (Å²) < 4.78 is 9.17. The highest BCUT2D eigenvalue weighted by Gasteiger charge is 2.17. The molecule has 0 saturated carbocycles. The van der Waals surface area contributed by atoms with Crippen molar-refractivity contribution < 1.29 is 9.13 Å². The fourth-order valence-electron chi connectivity index (χ4n) is 4.64.